The summed E-state index contributed by atoms with van der Waals surface area (Å²) in [6.45, 7) is 0. The lowest BCUT2D eigenvalue weighted by atomic mass is 10.2. The Morgan fingerprint density at radius 1 is 0.912 bits per heavy atom. The largest absolute Gasteiger partial charge is 0.332 e. The molecule has 1 aromatic heterocycles. The Bertz CT molecular complexity index is 1430. The Balaban J connectivity index is 1.39. The van der Waals surface area contributed by atoms with Gasteiger partial charge in [0.25, 0.3) is 5.91 Å². The summed E-state index contributed by atoms with van der Waals surface area (Å²) < 4.78 is 51.3. The molecule has 0 bridgehead atoms. The molecule has 0 saturated carbocycles. The molecule has 4 aromatic rings. The number of halogens is 2. The molecular weight excluding hydrogens is 480 g/mol. The van der Waals surface area contributed by atoms with Crippen molar-refractivity contribution in [3.05, 3.63) is 106 Å². The maximum atomic E-state index is 13.3. The molecule has 10 heteroatoms. The standard InChI is InChI=1S/C24H17F2N3O3S2/c25-17-12-18(26)14-20(13-17)28-23(30)22-15-27-24(33-22)29-19-8-6-16(7-9-19)10-11-34(31,32)21-4-2-1-3-5-21/h1-15H,(H,27,29)(H,28,30)/b11-10+. The fraction of sp³-hybridized carbons (Fsp3) is 0. The quantitative estimate of drug-likeness (QED) is 0.334. The Morgan fingerprint density at radius 3 is 2.26 bits per heavy atom. The van der Waals surface area contributed by atoms with Gasteiger partial charge in [-0.3, -0.25) is 4.79 Å². The van der Waals surface area contributed by atoms with Crippen molar-refractivity contribution in [3.8, 4) is 0 Å². The highest BCUT2D eigenvalue weighted by molar-refractivity contribution is 7.94. The van der Waals surface area contributed by atoms with Gasteiger partial charge in [-0.15, -0.1) is 0 Å². The summed E-state index contributed by atoms with van der Waals surface area (Å²) in [4.78, 5) is 16.9. The second-order valence-corrected chi connectivity index (χ2v) is 9.91. The molecule has 3 aromatic carbocycles. The maximum absolute atomic E-state index is 13.3. The number of hydrogen-bond donors (Lipinski definition) is 2. The maximum Gasteiger partial charge on any atom is 0.267 e. The molecule has 6 nitrogen and oxygen atoms in total. The highest BCUT2D eigenvalue weighted by Gasteiger charge is 2.13. The van der Waals surface area contributed by atoms with E-state index >= 15 is 0 Å². The second kappa shape index (κ2) is 9.94. The highest BCUT2D eigenvalue weighted by atomic mass is 32.2. The fourth-order valence-electron chi connectivity index (χ4n) is 2.91. The van der Waals surface area contributed by atoms with E-state index in [-0.39, 0.29) is 15.5 Å². The van der Waals surface area contributed by atoms with Gasteiger partial charge in [-0.05, 0) is 48.0 Å². The number of amides is 1. The SMILES string of the molecule is O=C(Nc1cc(F)cc(F)c1)c1cnc(Nc2ccc(/C=C/S(=O)(=O)c3ccccc3)cc2)s1. The van der Waals surface area contributed by atoms with Gasteiger partial charge in [-0.2, -0.15) is 0 Å². The third kappa shape index (κ3) is 5.91. The Morgan fingerprint density at radius 2 is 1.59 bits per heavy atom. The summed E-state index contributed by atoms with van der Waals surface area (Å²) >= 11 is 1.06. The molecule has 0 saturated heterocycles. The molecule has 0 unspecified atom stereocenters. The third-order valence-corrected chi connectivity index (χ3v) is 6.86. The van der Waals surface area contributed by atoms with Gasteiger partial charge in [-0.25, -0.2) is 22.2 Å². The predicted octanol–water partition coefficient (Wildman–Crippen LogP) is 5.86. The van der Waals surface area contributed by atoms with E-state index in [4.69, 9.17) is 0 Å². The van der Waals surface area contributed by atoms with Crippen LogP contribution in [-0.2, 0) is 9.84 Å². The molecule has 1 amide bonds. The van der Waals surface area contributed by atoms with E-state index in [0.717, 1.165) is 28.9 Å². The van der Waals surface area contributed by atoms with Crippen LogP contribution in [-0.4, -0.2) is 19.3 Å². The average Bonchev–Trinajstić information content (AvgIpc) is 3.27. The Kier molecular flexibility index (Phi) is 6.80. The van der Waals surface area contributed by atoms with E-state index in [2.05, 4.69) is 15.6 Å². The number of carbonyl (C=O) groups is 1. The average molecular weight is 498 g/mol. The third-order valence-electron chi connectivity index (χ3n) is 4.52. The van der Waals surface area contributed by atoms with Crippen molar-refractivity contribution in [2.75, 3.05) is 10.6 Å². The summed E-state index contributed by atoms with van der Waals surface area (Å²) in [5, 5.41) is 7.07. The lowest BCUT2D eigenvalue weighted by Crippen LogP contribution is -2.10. The molecular formula is C24H17F2N3O3S2. The van der Waals surface area contributed by atoms with E-state index in [9.17, 15) is 22.0 Å². The minimum Gasteiger partial charge on any atom is -0.332 e. The van der Waals surface area contributed by atoms with E-state index < -0.39 is 27.4 Å². The van der Waals surface area contributed by atoms with Crippen LogP contribution in [0.1, 0.15) is 15.2 Å². The van der Waals surface area contributed by atoms with Gasteiger partial charge in [0.2, 0.25) is 0 Å². The first-order chi connectivity index (χ1) is 16.3. The summed E-state index contributed by atoms with van der Waals surface area (Å²) in [5.74, 6) is -2.13. The van der Waals surface area contributed by atoms with Gasteiger partial charge in [0.1, 0.15) is 16.5 Å². The van der Waals surface area contributed by atoms with Crippen molar-refractivity contribution < 1.29 is 22.0 Å². The van der Waals surface area contributed by atoms with Gasteiger partial charge in [0.05, 0.1) is 11.1 Å². The zero-order valence-electron chi connectivity index (χ0n) is 17.4. The van der Waals surface area contributed by atoms with Crippen LogP contribution in [0, 0.1) is 11.6 Å². The minimum atomic E-state index is -3.53. The summed E-state index contributed by atoms with van der Waals surface area (Å²) in [6, 6.07) is 17.8. The van der Waals surface area contributed by atoms with Gasteiger partial charge in [-0.1, -0.05) is 41.7 Å². The van der Waals surface area contributed by atoms with Crippen LogP contribution in [0.15, 0.2) is 89.3 Å². The molecule has 0 aliphatic rings. The lowest BCUT2D eigenvalue weighted by Gasteiger charge is -2.04. The number of anilines is 3. The number of hydrogen-bond acceptors (Lipinski definition) is 6. The molecule has 0 spiro atoms. The summed E-state index contributed by atoms with van der Waals surface area (Å²) in [5.41, 5.74) is 1.37. The van der Waals surface area contributed by atoms with Gasteiger partial charge >= 0.3 is 0 Å². The first kappa shape index (κ1) is 23.3. The van der Waals surface area contributed by atoms with Crippen LogP contribution in [0.25, 0.3) is 6.08 Å². The first-order valence-corrected chi connectivity index (χ1v) is 12.2. The molecule has 34 heavy (non-hydrogen) atoms. The van der Waals surface area contributed by atoms with Crippen molar-refractivity contribution in [2.24, 2.45) is 0 Å². The van der Waals surface area contributed by atoms with E-state index in [1.165, 1.54) is 24.4 Å². The second-order valence-electron chi connectivity index (χ2n) is 7.05. The number of carbonyl (C=O) groups excluding carboxylic acids is 1. The first-order valence-electron chi connectivity index (χ1n) is 9.87. The molecule has 0 radical (unpaired) electrons. The molecule has 172 valence electrons. The monoisotopic (exact) mass is 497 g/mol. The Hall–Kier alpha value is -3.89. The van der Waals surface area contributed by atoms with E-state index in [1.807, 2.05) is 0 Å². The van der Waals surface area contributed by atoms with Crippen molar-refractivity contribution >= 4 is 49.7 Å². The zero-order valence-corrected chi connectivity index (χ0v) is 19.0. The van der Waals surface area contributed by atoms with Gasteiger partial charge in [0, 0.05) is 22.8 Å². The molecule has 1 heterocycles. The van der Waals surface area contributed by atoms with E-state index in [1.54, 1.807) is 42.5 Å². The van der Waals surface area contributed by atoms with Crippen molar-refractivity contribution in [3.63, 3.8) is 0 Å². The predicted molar refractivity (Wildman–Crippen MR) is 129 cm³/mol. The number of nitrogens with one attached hydrogen (secondary N) is 2. The minimum absolute atomic E-state index is 0.00308. The lowest BCUT2D eigenvalue weighted by molar-refractivity contribution is 0.103. The summed E-state index contributed by atoms with van der Waals surface area (Å²) in [7, 11) is -3.53. The molecule has 4 rings (SSSR count). The number of thiazole rings is 1. The molecule has 0 aliphatic heterocycles. The van der Waals surface area contributed by atoms with Crippen LogP contribution in [0.4, 0.5) is 25.3 Å². The molecule has 0 aliphatic carbocycles. The topological polar surface area (TPSA) is 88.2 Å². The van der Waals surface area contributed by atoms with Crippen molar-refractivity contribution in [1.82, 2.24) is 4.98 Å². The Labute approximate surface area is 198 Å². The van der Waals surface area contributed by atoms with Gasteiger partial charge < -0.3 is 10.6 Å². The molecule has 0 atom stereocenters. The van der Waals surface area contributed by atoms with Crippen LogP contribution < -0.4 is 10.6 Å². The van der Waals surface area contributed by atoms with Crippen LogP contribution in [0.2, 0.25) is 0 Å². The van der Waals surface area contributed by atoms with Crippen LogP contribution in [0.3, 0.4) is 0 Å². The number of sulfone groups is 1. The molecule has 2 N–H and O–H groups in total. The highest BCUT2D eigenvalue weighted by Crippen LogP contribution is 2.24. The van der Waals surface area contributed by atoms with Crippen LogP contribution in [0.5, 0.6) is 0 Å². The zero-order chi connectivity index (χ0) is 24.1. The normalized spacial score (nSPS) is 11.5. The van der Waals surface area contributed by atoms with Crippen molar-refractivity contribution in [1.29, 1.82) is 0 Å². The number of rotatable bonds is 7. The number of benzene rings is 3. The smallest absolute Gasteiger partial charge is 0.267 e. The van der Waals surface area contributed by atoms with Crippen LogP contribution >= 0.6 is 11.3 Å². The summed E-state index contributed by atoms with van der Waals surface area (Å²) in [6.07, 6.45) is 2.86. The van der Waals surface area contributed by atoms with Crippen molar-refractivity contribution in [2.45, 2.75) is 4.90 Å². The van der Waals surface area contributed by atoms with Gasteiger partial charge in [0.15, 0.2) is 15.0 Å². The number of aromatic nitrogens is 1. The van der Waals surface area contributed by atoms with E-state index in [0.29, 0.717) is 22.4 Å². The number of nitrogens with zero attached hydrogens (tertiary/aromatic N) is 1. The molecule has 0 fully saturated rings. The fourth-order valence-corrected chi connectivity index (χ4v) is 4.68.